The van der Waals surface area contributed by atoms with Crippen LogP contribution in [0.3, 0.4) is 0 Å². The van der Waals surface area contributed by atoms with Gasteiger partial charge in [-0.2, -0.15) is 0 Å². The van der Waals surface area contributed by atoms with E-state index in [1.54, 1.807) is 4.90 Å². The van der Waals surface area contributed by atoms with Gasteiger partial charge in [0.2, 0.25) is 11.8 Å². The van der Waals surface area contributed by atoms with Gasteiger partial charge >= 0.3 is 0 Å². The Labute approximate surface area is 201 Å². The average molecular weight is 480 g/mol. The van der Waals surface area contributed by atoms with Gasteiger partial charge in [0.1, 0.15) is 11.6 Å². The van der Waals surface area contributed by atoms with Crippen LogP contribution in [-0.2, 0) is 20.7 Å². The summed E-state index contributed by atoms with van der Waals surface area (Å²) in [5, 5.41) is 6.60. The predicted molar refractivity (Wildman–Crippen MR) is 127 cm³/mol. The molecule has 2 amide bonds. The van der Waals surface area contributed by atoms with Crippen LogP contribution in [0.25, 0.3) is 0 Å². The molecule has 0 aromatic heterocycles. The Morgan fingerprint density at radius 3 is 2.71 bits per heavy atom. The molecular weight excluding hydrogens is 440 g/mol. The molecule has 0 radical (unpaired) electrons. The normalized spacial score (nSPS) is 23.8. The fourth-order valence-corrected chi connectivity index (χ4v) is 5.12. The van der Waals surface area contributed by atoms with Crippen molar-refractivity contribution in [3.05, 3.63) is 35.4 Å². The van der Waals surface area contributed by atoms with Gasteiger partial charge in [0.15, 0.2) is 0 Å². The van der Waals surface area contributed by atoms with Crippen molar-refractivity contribution in [2.45, 2.75) is 83.4 Å². The van der Waals surface area contributed by atoms with E-state index in [2.05, 4.69) is 17.6 Å². The maximum atomic E-state index is 13.8. The van der Waals surface area contributed by atoms with Gasteiger partial charge in [-0.25, -0.2) is 8.78 Å². The number of hydrogen-bond acceptors (Lipinski definition) is 4. The minimum atomic E-state index is -0.628. The number of unbranched alkanes of at least 4 members (excludes halogenated alkanes) is 2. The second-order valence-electron chi connectivity index (χ2n) is 9.62. The lowest BCUT2D eigenvalue weighted by Gasteiger charge is -2.33. The van der Waals surface area contributed by atoms with E-state index < -0.39 is 17.6 Å². The molecule has 0 bridgehead atoms. The van der Waals surface area contributed by atoms with E-state index in [-0.39, 0.29) is 36.4 Å². The van der Waals surface area contributed by atoms with E-state index in [0.29, 0.717) is 38.1 Å². The number of amides is 2. The van der Waals surface area contributed by atoms with E-state index in [4.69, 9.17) is 4.74 Å². The minimum absolute atomic E-state index is 0.0218. The highest BCUT2D eigenvalue weighted by Crippen LogP contribution is 2.22. The molecule has 2 aliphatic rings. The fourth-order valence-electron chi connectivity index (χ4n) is 5.12. The van der Waals surface area contributed by atoms with Crippen LogP contribution < -0.4 is 10.6 Å². The first-order valence-electron chi connectivity index (χ1n) is 12.8. The van der Waals surface area contributed by atoms with Crippen LogP contribution in [0.4, 0.5) is 8.78 Å². The van der Waals surface area contributed by atoms with E-state index >= 15 is 0 Å². The molecule has 6 nitrogen and oxygen atoms in total. The first kappa shape index (κ1) is 26.5. The van der Waals surface area contributed by atoms with Crippen molar-refractivity contribution in [3.8, 4) is 0 Å². The Morgan fingerprint density at radius 2 is 2.00 bits per heavy atom. The number of ether oxygens (including phenoxy) is 1. The van der Waals surface area contributed by atoms with E-state index in [0.717, 1.165) is 44.7 Å². The summed E-state index contributed by atoms with van der Waals surface area (Å²) >= 11 is 0. The molecule has 0 aliphatic carbocycles. The molecule has 8 heteroatoms. The number of halogens is 2. The molecule has 2 saturated heterocycles. The molecule has 2 heterocycles. The first-order chi connectivity index (χ1) is 16.4. The van der Waals surface area contributed by atoms with Crippen LogP contribution in [0.5, 0.6) is 0 Å². The minimum Gasteiger partial charge on any atom is -0.378 e. The molecule has 4 atom stereocenters. The summed E-state index contributed by atoms with van der Waals surface area (Å²) in [6.45, 7) is 6.70. The highest BCUT2D eigenvalue weighted by atomic mass is 19.1. The maximum absolute atomic E-state index is 13.8. The third-order valence-corrected chi connectivity index (χ3v) is 6.79. The summed E-state index contributed by atoms with van der Waals surface area (Å²) in [6.07, 6.45) is 6.17. The van der Waals surface area contributed by atoms with Crippen molar-refractivity contribution >= 4 is 11.8 Å². The monoisotopic (exact) mass is 479 g/mol. The topological polar surface area (TPSA) is 70.7 Å². The Balaban J connectivity index is 1.65. The molecule has 1 aromatic rings. The zero-order valence-corrected chi connectivity index (χ0v) is 20.5. The summed E-state index contributed by atoms with van der Waals surface area (Å²) in [4.78, 5) is 27.3. The molecule has 190 valence electrons. The highest BCUT2D eigenvalue weighted by Gasteiger charge is 2.35. The number of hydrogen-bond donors (Lipinski definition) is 2. The summed E-state index contributed by atoms with van der Waals surface area (Å²) in [5.74, 6) is -1.79. The Hall–Kier alpha value is -2.06. The van der Waals surface area contributed by atoms with Crippen molar-refractivity contribution < 1.29 is 23.1 Å². The zero-order chi connectivity index (χ0) is 24.5. The Kier molecular flexibility index (Phi) is 10.3. The molecule has 2 N–H and O–H groups in total. The molecule has 3 rings (SSSR count). The molecule has 1 aromatic carbocycles. The number of piperidine rings is 1. The number of carbonyl (C=O) groups is 2. The van der Waals surface area contributed by atoms with Crippen LogP contribution in [0.2, 0.25) is 0 Å². The van der Waals surface area contributed by atoms with Gasteiger partial charge in [-0.3, -0.25) is 9.59 Å². The number of carbonyl (C=O) groups excluding carboxylic acids is 2. The van der Waals surface area contributed by atoms with Crippen molar-refractivity contribution in [2.75, 3.05) is 26.2 Å². The molecular formula is C26H39F2N3O3. The van der Waals surface area contributed by atoms with E-state index in [9.17, 15) is 18.4 Å². The lowest BCUT2D eigenvalue weighted by Crippen LogP contribution is -2.48. The second kappa shape index (κ2) is 13.1. The maximum Gasteiger partial charge on any atom is 0.225 e. The van der Waals surface area contributed by atoms with Gasteiger partial charge in [-0.15, -0.1) is 0 Å². The predicted octanol–water partition coefficient (Wildman–Crippen LogP) is 3.58. The molecule has 0 saturated carbocycles. The van der Waals surface area contributed by atoms with Crippen LogP contribution in [0.1, 0.15) is 64.4 Å². The van der Waals surface area contributed by atoms with Crippen molar-refractivity contribution in [3.63, 3.8) is 0 Å². The van der Waals surface area contributed by atoms with Gasteiger partial charge in [-0.05, 0) is 63.3 Å². The number of nitrogens with one attached hydrogen (secondary N) is 2. The summed E-state index contributed by atoms with van der Waals surface area (Å²) in [7, 11) is 0. The van der Waals surface area contributed by atoms with Crippen LogP contribution in [0, 0.1) is 17.6 Å². The van der Waals surface area contributed by atoms with Gasteiger partial charge in [-0.1, -0.05) is 19.8 Å². The van der Waals surface area contributed by atoms with Gasteiger partial charge in [0, 0.05) is 44.3 Å². The molecule has 2 fully saturated rings. The van der Waals surface area contributed by atoms with E-state index in [1.807, 2.05) is 6.92 Å². The van der Waals surface area contributed by atoms with Crippen molar-refractivity contribution in [1.29, 1.82) is 0 Å². The smallest absolute Gasteiger partial charge is 0.225 e. The lowest BCUT2D eigenvalue weighted by atomic mass is 9.92. The number of benzene rings is 1. The molecule has 2 aliphatic heterocycles. The first-order valence-corrected chi connectivity index (χ1v) is 12.8. The average Bonchev–Trinajstić information content (AvgIpc) is 3.14. The molecule has 0 spiro atoms. The largest absolute Gasteiger partial charge is 0.378 e. The van der Waals surface area contributed by atoms with Crippen molar-refractivity contribution in [2.24, 2.45) is 5.92 Å². The Morgan fingerprint density at radius 1 is 1.24 bits per heavy atom. The van der Waals surface area contributed by atoms with Crippen LogP contribution >= 0.6 is 0 Å². The third-order valence-electron chi connectivity index (χ3n) is 6.79. The number of likely N-dealkylation sites (tertiary alicyclic amines) is 1. The number of nitrogens with zero attached hydrogens (tertiary/aromatic N) is 1. The second-order valence-corrected chi connectivity index (χ2v) is 9.62. The number of rotatable bonds is 12. The summed E-state index contributed by atoms with van der Waals surface area (Å²) in [6, 6.07) is 3.30. The third kappa shape index (κ3) is 8.01. The standard InChI is InChI=1S/C26H39F2N3O3/c1-3-5-6-9-31-17-19(13-25(31)32)26(33)30-23(12-18-10-20(27)14-21(28)11-18)15-22-16-24(34-4-2)7-8-29-22/h10-11,14,19,22-24,29H,3-9,12-13,15-17H2,1-2H3,(H,30,33)/t19-,22-,23-,24-/m0/s1. The molecule has 34 heavy (non-hydrogen) atoms. The SMILES string of the molecule is CCCCCN1C[C@@H](C(=O)N[C@@H](Cc2cc(F)cc(F)c2)C[C@H]2C[C@@H](OCC)CCN2)CC1=O. The zero-order valence-electron chi connectivity index (χ0n) is 20.5. The molecule has 0 unspecified atom stereocenters. The summed E-state index contributed by atoms with van der Waals surface area (Å²) < 4.78 is 33.4. The van der Waals surface area contributed by atoms with Crippen LogP contribution in [-0.4, -0.2) is 61.1 Å². The Bertz CT molecular complexity index is 800. The van der Waals surface area contributed by atoms with Crippen molar-refractivity contribution in [1.82, 2.24) is 15.5 Å². The van der Waals surface area contributed by atoms with E-state index in [1.165, 1.54) is 12.1 Å². The van der Waals surface area contributed by atoms with Gasteiger partial charge in [0.25, 0.3) is 0 Å². The van der Waals surface area contributed by atoms with Gasteiger partial charge < -0.3 is 20.3 Å². The highest BCUT2D eigenvalue weighted by molar-refractivity contribution is 5.89. The van der Waals surface area contributed by atoms with Gasteiger partial charge in [0.05, 0.1) is 12.0 Å². The summed E-state index contributed by atoms with van der Waals surface area (Å²) in [5.41, 5.74) is 0.503. The lowest BCUT2D eigenvalue weighted by molar-refractivity contribution is -0.129. The van der Waals surface area contributed by atoms with Crippen LogP contribution in [0.15, 0.2) is 18.2 Å². The quantitative estimate of drug-likeness (QED) is 0.450. The fraction of sp³-hybridized carbons (Fsp3) is 0.692.